The molecule has 0 radical (unpaired) electrons. The van der Waals surface area contributed by atoms with Gasteiger partial charge in [-0.3, -0.25) is 29.0 Å². The fraction of sp³-hybridized carbons (Fsp3) is 0.556. The maximum atomic E-state index is 13.4. The summed E-state index contributed by atoms with van der Waals surface area (Å²) in [5.74, 6) is 0.572. The van der Waals surface area contributed by atoms with Crippen LogP contribution < -0.4 is 19.3 Å². The monoisotopic (exact) mass is 632 g/mol. The van der Waals surface area contributed by atoms with E-state index < -0.39 is 12.1 Å². The molecule has 0 saturated carbocycles. The lowest BCUT2D eigenvalue weighted by Gasteiger charge is -2.38. The van der Waals surface area contributed by atoms with E-state index in [1.54, 1.807) is 24.3 Å². The van der Waals surface area contributed by atoms with Gasteiger partial charge in [-0.15, -0.1) is 0 Å². The first kappa shape index (κ1) is 33.6. The number of anilines is 2. The molecular formula is C36H48N4O6. The molecule has 0 aromatic heterocycles. The zero-order valence-electron chi connectivity index (χ0n) is 27.3. The predicted octanol–water partition coefficient (Wildman–Crippen LogP) is 5.19. The van der Waals surface area contributed by atoms with Crippen molar-refractivity contribution in [3.8, 4) is 11.5 Å². The Morgan fingerprint density at radius 1 is 0.543 bits per heavy atom. The predicted molar refractivity (Wildman–Crippen MR) is 177 cm³/mol. The summed E-state index contributed by atoms with van der Waals surface area (Å²) in [5, 5.41) is 0. The summed E-state index contributed by atoms with van der Waals surface area (Å²) in [6, 6.07) is 13.2. The van der Waals surface area contributed by atoms with Crippen LogP contribution in [0.5, 0.6) is 11.5 Å². The van der Waals surface area contributed by atoms with E-state index in [9.17, 15) is 19.2 Å². The molecule has 3 aliphatic heterocycles. The molecule has 10 nitrogen and oxygen atoms in total. The van der Waals surface area contributed by atoms with Crippen LogP contribution in [-0.2, 0) is 19.2 Å². The van der Waals surface area contributed by atoms with Crippen molar-refractivity contribution < 1.29 is 28.7 Å². The molecule has 46 heavy (non-hydrogen) atoms. The van der Waals surface area contributed by atoms with Gasteiger partial charge < -0.3 is 9.47 Å². The largest absolute Gasteiger partial charge is 0.494 e. The molecule has 3 fully saturated rings. The topological polar surface area (TPSA) is 99.7 Å². The van der Waals surface area contributed by atoms with E-state index in [4.69, 9.17) is 9.47 Å². The number of unbranched alkanes of at least 4 members (excludes halogenated alkanes) is 6. The van der Waals surface area contributed by atoms with Crippen molar-refractivity contribution in [1.82, 2.24) is 9.80 Å². The molecule has 10 heteroatoms. The first-order valence-corrected chi connectivity index (χ1v) is 17.1. The molecule has 0 bridgehead atoms. The number of rotatable bonds is 16. The highest BCUT2D eigenvalue weighted by atomic mass is 16.5. The number of carbonyl (C=O) groups is 4. The molecule has 2 aromatic carbocycles. The van der Waals surface area contributed by atoms with Crippen molar-refractivity contribution in [3.63, 3.8) is 0 Å². The molecule has 4 amide bonds. The van der Waals surface area contributed by atoms with E-state index in [0.29, 0.717) is 50.8 Å². The smallest absolute Gasteiger partial charge is 0.251 e. The van der Waals surface area contributed by atoms with Gasteiger partial charge in [-0.25, -0.2) is 9.80 Å². The third-order valence-corrected chi connectivity index (χ3v) is 9.20. The highest BCUT2D eigenvalue weighted by molar-refractivity contribution is 6.23. The Hall–Kier alpha value is -3.76. The van der Waals surface area contributed by atoms with Crippen LogP contribution in [-0.4, -0.2) is 84.9 Å². The molecule has 0 N–H and O–H groups in total. The lowest BCUT2D eigenvalue weighted by Crippen LogP contribution is -2.56. The van der Waals surface area contributed by atoms with Crippen LogP contribution in [0.3, 0.4) is 0 Å². The molecule has 248 valence electrons. The normalized spacial score (nSPS) is 21.1. The van der Waals surface area contributed by atoms with Crippen molar-refractivity contribution in [2.45, 2.75) is 90.1 Å². The number of nitrogens with zero attached hydrogens (tertiary/aromatic N) is 4. The SMILES string of the molecule is CCCCCCOc1ccc(N2C(=O)C[C@H](N3CCN([C@H]4CC(=O)N(c5ccc(OCCCCCC)cc5)C4=O)CC3)C2=O)cc1. The van der Waals surface area contributed by atoms with Gasteiger partial charge in [0.1, 0.15) is 11.5 Å². The van der Waals surface area contributed by atoms with Gasteiger partial charge >= 0.3 is 0 Å². The zero-order valence-corrected chi connectivity index (χ0v) is 27.3. The summed E-state index contributed by atoms with van der Waals surface area (Å²) < 4.78 is 11.6. The molecule has 0 spiro atoms. The summed E-state index contributed by atoms with van der Waals surface area (Å²) in [5.41, 5.74) is 1.10. The van der Waals surface area contributed by atoms with Crippen molar-refractivity contribution in [1.29, 1.82) is 0 Å². The molecule has 3 heterocycles. The number of piperazine rings is 1. The van der Waals surface area contributed by atoms with Gasteiger partial charge in [0.2, 0.25) is 11.8 Å². The van der Waals surface area contributed by atoms with Crippen LogP contribution in [0.25, 0.3) is 0 Å². The van der Waals surface area contributed by atoms with Crippen LogP contribution in [0.15, 0.2) is 48.5 Å². The van der Waals surface area contributed by atoms with Gasteiger partial charge in [-0.2, -0.15) is 0 Å². The Bertz CT molecular complexity index is 1240. The Morgan fingerprint density at radius 3 is 1.26 bits per heavy atom. The Balaban J connectivity index is 1.11. The number of carbonyl (C=O) groups excluding carboxylic acids is 4. The van der Waals surface area contributed by atoms with Crippen molar-refractivity contribution in [2.24, 2.45) is 0 Å². The number of ether oxygens (including phenoxy) is 2. The fourth-order valence-corrected chi connectivity index (χ4v) is 6.53. The van der Waals surface area contributed by atoms with Crippen LogP contribution in [0.2, 0.25) is 0 Å². The van der Waals surface area contributed by atoms with E-state index in [-0.39, 0.29) is 36.5 Å². The maximum Gasteiger partial charge on any atom is 0.251 e. The van der Waals surface area contributed by atoms with Gasteiger partial charge in [-0.05, 0) is 61.4 Å². The van der Waals surface area contributed by atoms with Gasteiger partial charge in [0.25, 0.3) is 11.8 Å². The summed E-state index contributed by atoms with van der Waals surface area (Å²) in [4.78, 5) is 59.4. The summed E-state index contributed by atoms with van der Waals surface area (Å²) in [7, 11) is 0. The van der Waals surface area contributed by atoms with Gasteiger partial charge in [-0.1, -0.05) is 52.4 Å². The molecule has 2 atom stereocenters. The minimum atomic E-state index is -0.533. The number of benzene rings is 2. The number of amides is 4. The van der Waals surface area contributed by atoms with Gasteiger partial charge in [0.15, 0.2) is 0 Å². The lowest BCUT2D eigenvalue weighted by molar-refractivity contribution is -0.126. The molecule has 0 aliphatic carbocycles. The highest BCUT2D eigenvalue weighted by Gasteiger charge is 2.46. The first-order chi connectivity index (χ1) is 22.4. The number of hydrogen-bond donors (Lipinski definition) is 0. The average Bonchev–Trinajstić information content (AvgIpc) is 3.54. The third kappa shape index (κ3) is 7.96. The second-order valence-electron chi connectivity index (χ2n) is 12.5. The molecule has 2 aromatic rings. The van der Waals surface area contributed by atoms with Crippen LogP contribution >= 0.6 is 0 Å². The molecule has 3 saturated heterocycles. The van der Waals surface area contributed by atoms with Crippen LogP contribution in [0, 0.1) is 0 Å². The highest BCUT2D eigenvalue weighted by Crippen LogP contribution is 2.31. The van der Waals surface area contributed by atoms with Crippen LogP contribution in [0.4, 0.5) is 11.4 Å². The van der Waals surface area contributed by atoms with E-state index in [1.807, 2.05) is 34.1 Å². The van der Waals surface area contributed by atoms with Crippen molar-refractivity contribution >= 4 is 35.0 Å². The minimum Gasteiger partial charge on any atom is -0.494 e. The summed E-state index contributed by atoms with van der Waals surface area (Å²) >= 11 is 0. The van der Waals surface area contributed by atoms with Crippen molar-refractivity contribution in [2.75, 3.05) is 49.2 Å². The molecule has 0 unspecified atom stereocenters. The number of hydrogen-bond acceptors (Lipinski definition) is 8. The Labute approximate surface area is 272 Å². The second kappa shape index (κ2) is 16.2. The second-order valence-corrected chi connectivity index (χ2v) is 12.5. The maximum absolute atomic E-state index is 13.4. The lowest BCUT2D eigenvalue weighted by atomic mass is 10.1. The first-order valence-electron chi connectivity index (χ1n) is 17.1. The minimum absolute atomic E-state index is 0.127. The molecule has 3 aliphatic rings. The fourth-order valence-electron chi connectivity index (χ4n) is 6.53. The molecule has 5 rings (SSSR count). The zero-order chi connectivity index (χ0) is 32.5. The van der Waals surface area contributed by atoms with Crippen molar-refractivity contribution in [3.05, 3.63) is 48.5 Å². The standard InChI is InChI=1S/C36H48N4O6/c1-3-5-7-9-23-45-29-15-11-27(12-16-29)39-33(41)25-31(35(39)43)37-19-21-38(22-20-37)32-26-34(42)40(36(32)44)28-13-17-30(18-14-28)46-24-10-8-6-4-2/h11-18,31-32H,3-10,19-26H2,1-2H3/t31-,32-/m0/s1. The van der Waals surface area contributed by atoms with Gasteiger partial charge in [0.05, 0.1) is 49.5 Å². The number of imide groups is 2. The van der Waals surface area contributed by atoms with Crippen LogP contribution in [0.1, 0.15) is 78.1 Å². The van der Waals surface area contributed by atoms with E-state index in [2.05, 4.69) is 13.8 Å². The Morgan fingerprint density at radius 2 is 0.913 bits per heavy atom. The quantitative estimate of drug-likeness (QED) is 0.184. The van der Waals surface area contributed by atoms with E-state index in [1.165, 1.54) is 35.5 Å². The van der Waals surface area contributed by atoms with E-state index >= 15 is 0 Å². The summed E-state index contributed by atoms with van der Waals surface area (Å²) in [6.07, 6.45) is 9.27. The average molecular weight is 633 g/mol. The van der Waals surface area contributed by atoms with E-state index in [0.717, 1.165) is 37.2 Å². The Kier molecular flexibility index (Phi) is 11.8. The third-order valence-electron chi connectivity index (χ3n) is 9.20. The molecular weight excluding hydrogens is 584 g/mol. The summed E-state index contributed by atoms with van der Waals surface area (Å²) in [6.45, 7) is 7.77. The van der Waals surface area contributed by atoms with Gasteiger partial charge in [0, 0.05) is 26.2 Å².